The first-order valence-electron chi connectivity index (χ1n) is 10.3. The van der Waals surface area contributed by atoms with Gasteiger partial charge in [-0.3, -0.25) is 14.6 Å². The third-order valence-corrected chi connectivity index (χ3v) is 5.98. The van der Waals surface area contributed by atoms with E-state index in [2.05, 4.69) is 40.1 Å². The molecule has 1 saturated heterocycles. The third-order valence-electron chi connectivity index (χ3n) is 5.73. The van der Waals surface area contributed by atoms with Crippen LogP contribution >= 0.6 is 11.6 Å². The fourth-order valence-electron chi connectivity index (χ4n) is 4.06. The van der Waals surface area contributed by atoms with E-state index in [-0.39, 0.29) is 5.91 Å². The Kier molecular flexibility index (Phi) is 6.38. The monoisotopic (exact) mass is 413 g/mol. The molecular formula is C23H28ClN3O2. The molecule has 2 aromatic rings. The van der Waals surface area contributed by atoms with Gasteiger partial charge in [0.1, 0.15) is 12.4 Å². The quantitative estimate of drug-likeness (QED) is 0.769. The second-order valence-corrected chi connectivity index (χ2v) is 8.35. The topological polar surface area (TPSA) is 36.0 Å². The molecule has 0 radical (unpaired) electrons. The molecule has 1 amide bonds. The van der Waals surface area contributed by atoms with Crippen LogP contribution in [0, 0.1) is 0 Å². The molecule has 0 bridgehead atoms. The second-order valence-electron chi connectivity index (χ2n) is 7.91. The Morgan fingerprint density at radius 1 is 0.931 bits per heavy atom. The van der Waals surface area contributed by atoms with Crippen molar-refractivity contribution in [2.45, 2.75) is 26.6 Å². The summed E-state index contributed by atoms with van der Waals surface area (Å²) in [5.41, 5.74) is 3.81. The molecule has 2 heterocycles. The van der Waals surface area contributed by atoms with Gasteiger partial charge >= 0.3 is 0 Å². The molecule has 0 spiro atoms. The van der Waals surface area contributed by atoms with Crippen molar-refractivity contribution in [1.29, 1.82) is 0 Å². The molecule has 0 atom stereocenters. The van der Waals surface area contributed by atoms with Crippen LogP contribution in [0.15, 0.2) is 42.5 Å². The molecule has 0 saturated carbocycles. The average Bonchev–Trinajstić information content (AvgIpc) is 2.91. The molecule has 1 fully saturated rings. The summed E-state index contributed by atoms with van der Waals surface area (Å²) in [7, 11) is 0. The number of fused-ring (bicyclic) bond motifs is 1. The predicted octanol–water partition coefficient (Wildman–Crippen LogP) is 3.40. The molecule has 2 aliphatic heterocycles. The van der Waals surface area contributed by atoms with Crippen LogP contribution in [-0.2, 0) is 24.4 Å². The Hall–Kier alpha value is -2.08. The van der Waals surface area contributed by atoms with Crippen LogP contribution in [0.3, 0.4) is 0 Å². The smallest absolute Gasteiger partial charge is 0.219 e. The molecule has 29 heavy (non-hydrogen) atoms. The lowest BCUT2D eigenvalue weighted by Crippen LogP contribution is -2.47. The highest BCUT2D eigenvalue weighted by Crippen LogP contribution is 2.26. The minimum atomic E-state index is 0.174. The summed E-state index contributed by atoms with van der Waals surface area (Å²) in [4.78, 5) is 18.3. The highest BCUT2D eigenvalue weighted by molar-refractivity contribution is 6.30. The zero-order chi connectivity index (χ0) is 20.2. The largest absolute Gasteiger partial charge is 0.492 e. The molecular weight excluding hydrogens is 386 g/mol. The number of hydrogen-bond acceptors (Lipinski definition) is 4. The Balaban J connectivity index is 1.40. The van der Waals surface area contributed by atoms with Crippen LogP contribution in [0.1, 0.15) is 23.6 Å². The summed E-state index contributed by atoms with van der Waals surface area (Å²) in [6.45, 7) is 9.42. The summed E-state index contributed by atoms with van der Waals surface area (Å²) in [5.74, 6) is 1.17. The number of halogens is 1. The van der Waals surface area contributed by atoms with Gasteiger partial charge in [-0.1, -0.05) is 29.8 Å². The van der Waals surface area contributed by atoms with Gasteiger partial charge in [-0.25, -0.2) is 0 Å². The van der Waals surface area contributed by atoms with E-state index >= 15 is 0 Å². The second kappa shape index (κ2) is 9.16. The number of amides is 1. The molecule has 5 nitrogen and oxygen atoms in total. The summed E-state index contributed by atoms with van der Waals surface area (Å²) < 4.78 is 6.00. The van der Waals surface area contributed by atoms with Crippen LogP contribution in [0.2, 0.25) is 5.02 Å². The van der Waals surface area contributed by atoms with Crippen molar-refractivity contribution >= 4 is 17.5 Å². The maximum absolute atomic E-state index is 11.5. The third kappa shape index (κ3) is 5.30. The average molecular weight is 414 g/mol. The van der Waals surface area contributed by atoms with Crippen molar-refractivity contribution in [3.63, 3.8) is 0 Å². The van der Waals surface area contributed by atoms with Crippen LogP contribution in [0.4, 0.5) is 0 Å². The van der Waals surface area contributed by atoms with Crippen LogP contribution in [0.5, 0.6) is 5.75 Å². The predicted molar refractivity (Wildman–Crippen MR) is 115 cm³/mol. The fourth-order valence-corrected chi connectivity index (χ4v) is 4.19. The van der Waals surface area contributed by atoms with E-state index in [1.165, 1.54) is 16.7 Å². The van der Waals surface area contributed by atoms with E-state index < -0.39 is 0 Å². The van der Waals surface area contributed by atoms with Gasteiger partial charge in [0.25, 0.3) is 0 Å². The first-order chi connectivity index (χ1) is 14.1. The standard InChI is InChI=1S/C23H28ClN3O2/c1-18(28)27-10-8-25(9-11-27)16-20-4-7-23-21(14-20)17-26(12-13-29-23)15-19-2-5-22(24)6-3-19/h2-7,14H,8-13,15-17H2,1H3. The van der Waals surface area contributed by atoms with Crippen LogP contribution in [-0.4, -0.2) is 59.9 Å². The summed E-state index contributed by atoms with van der Waals surface area (Å²) in [5, 5.41) is 0.770. The van der Waals surface area contributed by atoms with E-state index in [4.69, 9.17) is 16.3 Å². The summed E-state index contributed by atoms with van der Waals surface area (Å²) in [6, 6.07) is 14.6. The fraction of sp³-hybridized carbons (Fsp3) is 0.435. The molecule has 4 rings (SSSR count). The molecule has 0 unspecified atom stereocenters. The van der Waals surface area contributed by atoms with Gasteiger partial charge in [0.05, 0.1) is 0 Å². The van der Waals surface area contributed by atoms with E-state index in [1.807, 2.05) is 17.0 Å². The van der Waals surface area contributed by atoms with Crippen molar-refractivity contribution in [2.24, 2.45) is 0 Å². The van der Waals surface area contributed by atoms with Gasteiger partial charge in [-0.2, -0.15) is 0 Å². The van der Waals surface area contributed by atoms with Crippen LogP contribution < -0.4 is 4.74 Å². The Morgan fingerprint density at radius 3 is 2.34 bits per heavy atom. The van der Waals surface area contributed by atoms with Crippen molar-refractivity contribution < 1.29 is 9.53 Å². The number of nitrogens with zero attached hydrogens (tertiary/aromatic N) is 3. The molecule has 0 aliphatic carbocycles. The van der Waals surface area contributed by atoms with Gasteiger partial charge < -0.3 is 9.64 Å². The van der Waals surface area contributed by atoms with Gasteiger partial charge in [0.2, 0.25) is 5.91 Å². The zero-order valence-electron chi connectivity index (χ0n) is 16.9. The highest BCUT2D eigenvalue weighted by Gasteiger charge is 2.20. The zero-order valence-corrected chi connectivity index (χ0v) is 17.7. The lowest BCUT2D eigenvalue weighted by atomic mass is 10.1. The van der Waals surface area contributed by atoms with Gasteiger partial charge in [-0.15, -0.1) is 0 Å². The number of rotatable bonds is 4. The number of carbonyl (C=O) groups excluding carboxylic acids is 1. The van der Waals surface area contributed by atoms with Crippen molar-refractivity contribution in [3.8, 4) is 5.75 Å². The number of hydrogen-bond donors (Lipinski definition) is 0. The number of carbonyl (C=O) groups is 1. The van der Waals surface area contributed by atoms with Crippen molar-refractivity contribution in [3.05, 3.63) is 64.2 Å². The minimum Gasteiger partial charge on any atom is -0.492 e. The minimum absolute atomic E-state index is 0.174. The molecule has 2 aliphatic rings. The first kappa shape index (κ1) is 20.2. The summed E-state index contributed by atoms with van der Waals surface area (Å²) in [6.07, 6.45) is 0. The maximum atomic E-state index is 11.5. The lowest BCUT2D eigenvalue weighted by Gasteiger charge is -2.34. The Bertz CT molecular complexity index is 848. The molecule has 6 heteroatoms. The normalized spacial score (nSPS) is 18.1. The van der Waals surface area contributed by atoms with E-state index in [9.17, 15) is 4.79 Å². The lowest BCUT2D eigenvalue weighted by molar-refractivity contribution is -0.130. The number of ether oxygens (including phenoxy) is 1. The number of benzene rings is 2. The van der Waals surface area contributed by atoms with Crippen LogP contribution in [0.25, 0.3) is 0 Å². The SMILES string of the molecule is CC(=O)N1CCN(Cc2ccc3c(c2)CN(Cc2ccc(Cl)cc2)CCO3)CC1. The van der Waals surface area contributed by atoms with E-state index in [0.717, 1.165) is 63.1 Å². The molecule has 0 N–H and O–H groups in total. The van der Waals surface area contributed by atoms with Crippen molar-refractivity contribution in [2.75, 3.05) is 39.3 Å². The van der Waals surface area contributed by atoms with Crippen molar-refractivity contribution in [1.82, 2.24) is 14.7 Å². The van der Waals surface area contributed by atoms with Gasteiger partial charge in [0.15, 0.2) is 0 Å². The number of piperazine rings is 1. The maximum Gasteiger partial charge on any atom is 0.219 e. The molecule has 0 aromatic heterocycles. The first-order valence-corrected chi connectivity index (χ1v) is 10.6. The Labute approximate surface area is 177 Å². The van der Waals surface area contributed by atoms with Gasteiger partial charge in [-0.05, 0) is 35.4 Å². The van der Waals surface area contributed by atoms with E-state index in [0.29, 0.717) is 6.61 Å². The van der Waals surface area contributed by atoms with Gasteiger partial charge in [0, 0.05) is 69.9 Å². The molecule has 2 aromatic carbocycles. The van der Waals surface area contributed by atoms with E-state index in [1.54, 1.807) is 6.92 Å². The highest BCUT2D eigenvalue weighted by atomic mass is 35.5. The molecule has 154 valence electrons. The summed E-state index contributed by atoms with van der Waals surface area (Å²) >= 11 is 6.01. The Morgan fingerprint density at radius 2 is 1.62 bits per heavy atom.